The van der Waals surface area contributed by atoms with E-state index < -0.39 is 23.9 Å². The lowest BCUT2D eigenvalue weighted by Crippen LogP contribution is -2.27. The number of imidazole rings is 1. The third-order valence-electron chi connectivity index (χ3n) is 4.66. The summed E-state index contributed by atoms with van der Waals surface area (Å²) < 4.78 is 42.1. The van der Waals surface area contributed by atoms with Crippen molar-refractivity contribution in [1.29, 1.82) is 0 Å². The molecule has 2 unspecified atom stereocenters. The van der Waals surface area contributed by atoms with Crippen LogP contribution in [-0.4, -0.2) is 32.2 Å². The van der Waals surface area contributed by atoms with Crippen LogP contribution in [0.2, 0.25) is 0 Å². The number of benzene rings is 1. The average Bonchev–Trinajstić information content (AvgIpc) is 3.13. The summed E-state index contributed by atoms with van der Waals surface area (Å²) in [6.07, 6.45) is -1.21. The number of hydrogen-bond acceptors (Lipinski definition) is 3. The number of alkyl halides is 3. The highest BCUT2D eigenvalue weighted by Crippen LogP contribution is 2.40. The highest BCUT2D eigenvalue weighted by Gasteiger charge is 2.40. The number of rotatable bonds is 4. The van der Waals surface area contributed by atoms with E-state index in [-0.39, 0.29) is 18.0 Å². The molecule has 1 saturated heterocycles. The molecule has 7 heteroatoms. The summed E-state index contributed by atoms with van der Waals surface area (Å²) in [6.45, 7) is 4.79. The normalized spacial score (nSPS) is 22.0. The second kappa shape index (κ2) is 6.80. The standard InChI is InChI=1S/C18H22F3N3O/c1-12(2)24-8-7-22-17(24)11-23-10-13(25)9-16(23)14-5-3-4-6-15(14)18(19,20)21/h3-8,12-13,16,25H,9-11H2,1-2H3. The van der Waals surface area contributed by atoms with E-state index in [2.05, 4.69) is 4.98 Å². The molecule has 1 aliphatic rings. The van der Waals surface area contributed by atoms with E-state index >= 15 is 0 Å². The van der Waals surface area contributed by atoms with Crippen molar-refractivity contribution >= 4 is 0 Å². The highest BCUT2D eigenvalue weighted by atomic mass is 19.4. The fraction of sp³-hybridized carbons (Fsp3) is 0.500. The van der Waals surface area contributed by atoms with Crippen molar-refractivity contribution in [3.05, 3.63) is 53.6 Å². The van der Waals surface area contributed by atoms with Crippen LogP contribution < -0.4 is 0 Å². The van der Waals surface area contributed by atoms with Crippen molar-refractivity contribution in [3.8, 4) is 0 Å². The van der Waals surface area contributed by atoms with E-state index in [4.69, 9.17) is 0 Å². The van der Waals surface area contributed by atoms with Crippen molar-refractivity contribution in [2.45, 2.75) is 51.2 Å². The third-order valence-corrected chi connectivity index (χ3v) is 4.66. The van der Waals surface area contributed by atoms with Gasteiger partial charge in [0, 0.05) is 31.0 Å². The van der Waals surface area contributed by atoms with E-state index in [1.165, 1.54) is 12.1 Å². The Labute approximate surface area is 144 Å². The molecule has 1 fully saturated rings. The maximum atomic E-state index is 13.4. The largest absolute Gasteiger partial charge is 0.416 e. The Morgan fingerprint density at radius 1 is 1.28 bits per heavy atom. The second-order valence-corrected chi connectivity index (χ2v) is 6.76. The second-order valence-electron chi connectivity index (χ2n) is 6.76. The monoisotopic (exact) mass is 353 g/mol. The first-order valence-electron chi connectivity index (χ1n) is 8.37. The van der Waals surface area contributed by atoms with Crippen LogP contribution in [0, 0.1) is 0 Å². The lowest BCUT2D eigenvalue weighted by molar-refractivity contribution is -0.138. The average molecular weight is 353 g/mol. The van der Waals surface area contributed by atoms with Gasteiger partial charge in [-0.3, -0.25) is 4.90 Å². The van der Waals surface area contributed by atoms with Gasteiger partial charge in [0.25, 0.3) is 0 Å². The minimum Gasteiger partial charge on any atom is -0.392 e. The van der Waals surface area contributed by atoms with Crippen molar-refractivity contribution in [2.24, 2.45) is 0 Å². The van der Waals surface area contributed by atoms with E-state index in [0.717, 1.165) is 11.9 Å². The molecule has 0 amide bonds. The predicted octanol–water partition coefficient (Wildman–Crippen LogP) is 3.79. The van der Waals surface area contributed by atoms with Crippen LogP contribution in [0.1, 0.15) is 49.3 Å². The van der Waals surface area contributed by atoms with Gasteiger partial charge in [-0.1, -0.05) is 18.2 Å². The number of aliphatic hydroxyl groups is 1. The Hall–Kier alpha value is -1.86. The lowest BCUT2D eigenvalue weighted by Gasteiger charge is -2.27. The molecule has 2 heterocycles. The number of β-amino-alcohol motifs (C(OH)–C–C–N with tert-alkyl or cyclic N) is 1. The summed E-state index contributed by atoms with van der Waals surface area (Å²) in [4.78, 5) is 6.23. The van der Waals surface area contributed by atoms with Crippen molar-refractivity contribution in [3.63, 3.8) is 0 Å². The van der Waals surface area contributed by atoms with Gasteiger partial charge in [-0.25, -0.2) is 4.98 Å². The summed E-state index contributed by atoms with van der Waals surface area (Å²) in [5.41, 5.74) is -0.416. The molecular weight excluding hydrogens is 331 g/mol. The number of nitrogens with zero attached hydrogens (tertiary/aromatic N) is 3. The van der Waals surface area contributed by atoms with Crippen LogP contribution in [0.3, 0.4) is 0 Å². The van der Waals surface area contributed by atoms with Gasteiger partial charge in [0.15, 0.2) is 0 Å². The minimum absolute atomic E-state index is 0.214. The van der Waals surface area contributed by atoms with Crippen LogP contribution in [0.4, 0.5) is 13.2 Å². The molecule has 0 saturated carbocycles. The SMILES string of the molecule is CC(C)n1ccnc1CN1CC(O)CC1c1ccccc1C(F)(F)F. The molecule has 3 rings (SSSR count). The molecule has 1 aromatic carbocycles. The van der Waals surface area contributed by atoms with E-state index in [0.29, 0.717) is 13.1 Å². The lowest BCUT2D eigenvalue weighted by atomic mass is 9.97. The van der Waals surface area contributed by atoms with Gasteiger partial charge in [-0.2, -0.15) is 13.2 Å². The number of halogens is 3. The Balaban J connectivity index is 1.92. The number of likely N-dealkylation sites (tertiary alicyclic amines) is 1. The molecule has 25 heavy (non-hydrogen) atoms. The summed E-state index contributed by atoms with van der Waals surface area (Å²) in [5.74, 6) is 0.790. The molecule has 2 aromatic rings. The van der Waals surface area contributed by atoms with Gasteiger partial charge in [0.1, 0.15) is 5.82 Å². The first kappa shape index (κ1) is 17.9. The van der Waals surface area contributed by atoms with Crippen molar-refractivity contribution < 1.29 is 18.3 Å². The number of aliphatic hydroxyl groups excluding tert-OH is 1. The summed E-state index contributed by atoms with van der Waals surface area (Å²) >= 11 is 0. The van der Waals surface area contributed by atoms with Gasteiger partial charge in [0.2, 0.25) is 0 Å². The van der Waals surface area contributed by atoms with Gasteiger partial charge in [-0.15, -0.1) is 0 Å². The zero-order chi connectivity index (χ0) is 18.2. The molecule has 0 spiro atoms. The van der Waals surface area contributed by atoms with Gasteiger partial charge < -0.3 is 9.67 Å². The smallest absolute Gasteiger partial charge is 0.392 e. The molecule has 0 radical (unpaired) electrons. The predicted molar refractivity (Wildman–Crippen MR) is 87.8 cm³/mol. The first-order valence-corrected chi connectivity index (χ1v) is 8.37. The minimum atomic E-state index is -4.41. The molecule has 1 N–H and O–H groups in total. The zero-order valence-electron chi connectivity index (χ0n) is 14.2. The van der Waals surface area contributed by atoms with Gasteiger partial charge >= 0.3 is 6.18 Å². The number of hydrogen-bond donors (Lipinski definition) is 1. The molecule has 4 nitrogen and oxygen atoms in total. The first-order chi connectivity index (χ1) is 11.8. The topological polar surface area (TPSA) is 41.3 Å². The Bertz CT molecular complexity index is 726. The molecule has 1 aromatic heterocycles. The van der Waals surface area contributed by atoms with Gasteiger partial charge in [0.05, 0.1) is 18.2 Å². The van der Waals surface area contributed by atoms with Gasteiger partial charge in [-0.05, 0) is 31.9 Å². The fourth-order valence-electron chi connectivity index (χ4n) is 3.54. The number of aromatic nitrogens is 2. The van der Waals surface area contributed by atoms with E-state index in [1.807, 2.05) is 29.5 Å². The van der Waals surface area contributed by atoms with E-state index in [1.54, 1.807) is 12.3 Å². The maximum Gasteiger partial charge on any atom is 0.416 e. The van der Waals surface area contributed by atoms with Crippen molar-refractivity contribution in [2.75, 3.05) is 6.54 Å². The highest BCUT2D eigenvalue weighted by molar-refractivity contribution is 5.33. The maximum absolute atomic E-state index is 13.4. The molecule has 1 aliphatic heterocycles. The molecule has 0 aliphatic carbocycles. The quantitative estimate of drug-likeness (QED) is 0.909. The van der Waals surface area contributed by atoms with Crippen LogP contribution in [0.5, 0.6) is 0 Å². The van der Waals surface area contributed by atoms with Crippen LogP contribution in [-0.2, 0) is 12.7 Å². The van der Waals surface area contributed by atoms with Crippen LogP contribution in [0.15, 0.2) is 36.7 Å². The Morgan fingerprint density at radius 2 is 2.00 bits per heavy atom. The molecule has 2 atom stereocenters. The van der Waals surface area contributed by atoms with Crippen LogP contribution >= 0.6 is 0 Å². The van der Waals surface area contributed by atoms with Crippen LogP contribution in [0.25, 0.3) is 0 Å². The Kier molecular flexibility index (Phi) is 4.88. The Morgan fingerprint density at radius 3 is 2.68 bits per heavy atom. The van der Waals surface area contributed by atoms with E-state index in [9.17, 15) is 18.3 Å². The summed E-state index contributed by atoms with van der Waals surface area (Å²) in [5, 5.41) is 10.1. The van der Waals surface area contributed by atoms with Crippen molar-refractivity contribution in [1.82, 2.24) is 14.5 Å². The summed E-state index contributed by atoms with van der Waals surface area (Å²) in [6, 6.07) is 5.35. The molecular formula is C18H22F3N3O. The molecule has 0 bridgehead atoms. The third kappa shape index (κ3) is 3.72. The zero-order valence-corrected chi connectivity index (χ0v) is 14.2. The molecule has 136 valence electrons. The fourth-order valence-corrected chi connectivity index (χ4v) is 3.54. The summed E-state index contributed by atoms with van der Waals surface area (Å²) in [7, 11) is 0.